The topological polar surface area (TPSA) is 75.6 Å². The van der Waals surface area contributed by atoms with Crippen LogP contribution >= 0.6 is 0 Å². The predicted molar refractivity (Wildman–Crippen MR) is 62.6 cm³/mol. The molecule has 1 aliphatic rings. The van der Waals surface area contributed by atoms with Crippen LogP contribution in [0.5, 0.6) is 0 Å². The van der Waals surface area contributed by atoms with Crippen LogP contribution in [0.2, 0.25) is 0 Å². The smallest absolute Gasteiger partial charge is 0.408 e. The standard InChI is InChI=1S/C12H19NO4/c1-4-7-17-11(16)13-9(10(14)15)12(5-6-12)8(2)3/h4,8-9H,1,5-7H2,2-3H3,(H,13,16)(H,14,15). The molecule has 0 saturated heterocycles. The Balaban J connectivity index is 2.65. The van der Waals surface area contributed by atoms with Crippen molar-refractivity contribution in [1.29, 1.82) is 0 Å². The van der Waals surface area contributed by atoms with Gasteiger partial charge in [-0.05, 0) is 18.8 Å². The minimum atomic E-state index is -1.01. The first-order valence-corrected chi connectivity index (χ1v) is 5.71. The van der Waals surface area contributed by atoms with Crippen molar-refractivity contribution in [1.82, 2.24) is 5.32 Å². The Hall–Kier alpha value is -1.52. The Morgan fingerprint density at radius 3 is 2.47 bits per heavy atom. The highest BCUT2D eigenvalue weighted by atomic mass is 16.5. The van der Waals surface area contributed by atoms with Crippen LogP contribution in [0.4, 0.5) is 4.79 Å². The maximum Gasteiger partial charge on any atom is 0.408 e. The fourth-order valence-corrected chi connectivity index (χ4v) is 2.09. The third-order valence-corrected chi connectivity index (χ3v) is 3.39. The summed E-state index contributed by atoms with van der Waals surface area (Å²) in [6, 6.07) is -0.875. The zero-order valence-electron chi connectivity index (χ0n) is 10.2. The highest BCUT2D eigenvalue weighted by Crippen LogP contribution is 2.54. The summed E-state index contributed by atoms with van der Waals surface area (Å²) in [5.41, 5.74) is -0.320. The van der Waals surface area contributed by atoms with Crippen molar-refractivity contribution in [3.8, 4) is 0 Å². The van der Waals surface area contributed by atoms with Gasteiger partial charge in [0.25, 0.3) is 0 Å². The first-order chi connectivity index (χ1) is 7.94. The number of aliphatic carboxylic acids is 1. The van der Waals surface area contributed by atoms with Gasteiger partial charge < -0.3 is 15.2 Å². The number of carbonyl (C=O) groups is 2. The van der Waals surface area contributed by atoms with Crippen molar-refractivity contribution in [2.45, 2.75) is 32.7 Å². The maximum absolute atomic E-state index is 11.4. The molecule has 0 aromatic heterocycles. The monoisotopic (exact) mass is 241 g/mol. The highest BCUT2D eigenvalue weighted by molar-refractivity contribution is 5.81. The fourth-order valence-electron chi connectivity index (χ4n) is 2.09. The highest BCUT2D eigenvalue weighted by Gasteiger charge is 2.55. The minimum Gasteiger partial charge on any atom is -0.480 e. The first kappa shape index (κ1) is 13.5. The summed E-state index contributed by atoms with van der Waals surface area (Å²) in [6.45, 7) is 7.43. The van der Waals surface area contributed by atoms with Gasteiger partial charge in [-0.15, -0.1) is 0 Å². The fraction of sp³-hybridized carbons (Fsp3) is 0.667. The molecule has 0 bridgehead atoms. The van der Waals surface area contributed by atoms with E-state index < -0.39 is 18.1 Å². The molecular weight excluding hydrogens is 222 g/mol. The van der Waals surface area contributed by atoms with Crippen molar-refractivity contribution in [2.24, 2.45) is 11.3 Å². The third-order valence-electron chi connectivity index (χ3n) is 3.39. The molecule has 1 aliphatic carbocycles. The van der Waals surface area contributed by atoms with Gasteiger partial charge in [-0.2, -0.15) is 0 Å². The van der Waals surface area contributed by atoms with E-state index in [-0.39, 0.29) is 17.9 Å². The molecule has 1 rings (SSSR count). The lowest BCUT2D eigenvalue weighted by Gasteiger charge is -2.27. The van der Waals surface area contributed by atoms with Gasteiger partial charge in [0.15, 0.2) is 0 Å². The number of carbonyl (C=O) groups excluding carboxylic acids is 1. The molecule has 0 aliphatic heterocycles. The number of amides is 1. The number of hydrogen-bond donors (Lipinski definition) is 2. The summed E-state index contributed by atoms with van der Waals surface area (Å²) >= 11 is 0. The van der Waals surface area contributed by atoms with Gasteiger partial charge in [0, 0.05) is 5.41 Å². The van der Waals surface area contributed by atoms with Crippen LogP contribution in [0, 0.1) is 11.3 Å². The summed E-state index contributed by atoms with van der Waals surface area (Å²) in [7, 11) is 0. The molecule has 2 N–H and O–H groups in total. The Morgan fingerprint density at radius 2 is 2.12 bits per heavy atom. The molecule has 1 saturated carbocycles. The number of rotatable bonds is 6. The van der Waals surface area contributed by atoms with Crippen molar-refractivity contribution < 1.29 is 19.4 Å². The molecular formula is C12H19NO4. The summed E-state index contributed by atoms with van der Waals surface area (Å²) in [5, 5.41) is 11.6. The van der Waals surface area contributed by atoms with Crippen LogP contribution in [0.1, 0.15) is 26.7 Å². The lowest BCUT2D eigenvalue weighted by molar-refractivity contribution is -0.142. The molecule has 0 aromatic carbocycles. The summed E-state index contributed by atoms with van der Waals surface area (Å²) in [4.78, 5) is 22.6. The first-order valence-electron chi connectivity index (χ1n) is 5.71. The average Bonchev–Trinajstić information content (AvgIpc) is 3.03. The second-order valence-corrected chi connectivity index (χ2v) is 4.69. The molecule has 0 spiro atoms. The van der Waals surface area contributed by atoms with E-state index in [1.165, 1.54) is 6.08 Å². The molecule has 1 atom stereocenters. The van der Waals surface area contributed by atoms with Crippen LogP contribution in [0.25, 0.3) is 0 Å². The maximum atomic E-state index is 11.4. The number of nitrogens with one attached hydrogen (secondary N) is 1. The number of carboxylic acids is 1. The van der Waals surface area contributed by atoms with Crippen molar-refractivity contribution in [3.63, 3.8) is 0 Å². The van der Waals surface area contributed by atoms with Crippen molar-refractivity contribution in [2.75, 3.05) is 6.61 Å². The number of ether oxygens (including phenoxy) is 1. The molecule has 17 heavy (non-hydrogen) atoms. The molecule has 96 valence electrons. The summed E-state index contributed by atoms with van der Waals surface area (Å²) in [6.07, 6.45) is 2.38. The van der Waals surface area contributed by atoms with E-state index in [9.17, 15) is 14.7 Å². The van der Waals surface area contributed by atoms with E-state index >= 15 is 0 Å². The molecule has 1 amide bonds. The zero-order valence-corrected chi connectivity index (χ0v) is 10.2. The molecule has 5 heteroatoms. The zero-order chi connectivity index (χ0) is 13.1. The summed E-state index contributed by atoms with van der Waals surface area (Å²) < 4.78 is 4.74. The van der Waals surface area contributed by atoms with Gasteiger partial charge in [-0.3, -0.25) is 0 Å². The Kier molecular flexibility index (Phi) is 4.15. The molecule has 5 nitrogen and oxygen atoms in total. The molecule has 1 unspecified atom stereocenters. The van der Waals surface area contributed by atoms with Crippen LogP contribution in [-0.2, 0) is 9.53 Å². The Morgan fingerprint density at radius 1 is 1.53 bits per heavy atom. The second-order valence-electron chi connectivity index (χ2n) is 4.69. The quantitative estimate of drug-likeness (QED) is 0.695. The van der Waals surface area contributed by atoms with E-state index in [0.29, 0.717) is 0 Å². The van der Waals surface area contributed by atoms with Crippen LogP contribution in [0.15, 0.2) is 12.7 Å². The lowest BCUT2D eigenvalue weighted by atomic mass is 9.85. The van der Waals surface area contributed by atoms with E-state index in [4.69, 9.17) is 4.74 Å². The van der Waals surface area contributed by atoms with Gasteiger partial charge >= 0.3 is 12.1 Å². The largest absolute Gasteiger partial charge is 0.480 e. The minimum absolute atomic E-state index is 0.0762. The molecule has 1 fully saturated rings. The summed E-state index contributed by atoms with van der Waals surface area (Å²) in [5.74, 6) is -0.796. The molecule has 0 aromatic rings. The Labute approximate surface area is 101 Å². The van der Waals surface area contributed by atoms with Crippen LogP contribution in [-0.4, -0.2) is 29.8 Å². The van der Waals surface area contributed by atoms with Crippen molar-refractivity contribution in [3.05, 3.63) is 12.7 Å². The van der Waals surface area contributed by atoms with E-state index in [1.807, 2.05) is 13.8 Å². The second kappa shape index (κ2) is 5.21. The van der Waals surface area contributed by atoms with Crippen LogP contribution < -0.4 is 5.32 Å². The van der Waals surface area contributed by atoms with E-state index in [1.54, 1.807) is 0 Å². The predicted octanol–water partition coefficient (Wildman–Crippen LogP) is 1.79. The Bertz CT molecular complexity index is 320. The number of alkyl carbamates (subject to hydrolysis) is 1. The van der Waals surface area contributed by atoms with Gasteiger partial charge in [-0.1, -0.05) is 26.5 Å². The number of hydrogen-bond acceptors (Lipinski definition) is 3. The van der Waals surface area contributed by atoms with Crippen LogP contribution in [0.3, 0.4) is 0 Å². The average molecular weight is 241 g/mol. The van der Waals surface area contributed by atoms with E-state index in [0.717, 1.165) is 12.8 Å². The van der Waals surface area contributed by atoms with Gasteiger partial charge in [-0.25, -0.2) is 9.59 Å². The lowest BCUT2D eigenvalue weighted by Crippen LogP contribution is -2.49. The SMILES string of the molecule is C=CCOC(=O)NC(C(=O)O)C1(C(C)C)CC1. The van der Waals surface area contributed by atoms with E-state index in [2.05, 4.69) is 11.9 Å². The third kappa shape index (κ3) is 2.99. The number of carboxylic acid groups (broad SMARTS) is 1. The molecule has 0 heterocycles. The normalized spacial score (nSPS) is 18.3. The molecule has 0 radical (unpaired) electrons. The van der Waals surface area contributed by atoms with Crippen molar-refractivity contribution >= 4 is 12.1 Å². The van der Waals surface area contributed by atoms with Gasteiger partial charge in [0.1, 0.15) is 12.6 Å². The van der Waals surface area contributed by atoms with Gasteiger partial charge in [0.05, 0.1) is 0 Å². The van der Waals surface area contributed by atoms with Gasteiger partial charge in [0.2, 0.25) is 0 Å².